The summed E-state index contributed by atoms with van der Waals surface area (Å²) in [7, 11) is 1.43. The number of rotatable bonds is 6. The summed E-state index contributed by atoms with van der Waals surface area (Å²) in [4.78, 5) is 11.6. The van der Waals surface area contributed by atoms with Gasteiger partial charge in [0.15, 0.2) is 0 Å². The molecule has 0 amide bonds. The van der Waals surface area contributed by atoms with E-state index in [-0.39, 0.29) is 12.1 Å². The Labute approximate surface area is 104 Å². The van der Waals surface area contributed by atoms with Crippen molar-refractivity contribution in [2.45, 2.75) is 59.0 Å². The van der Waals surface area contributed by atoms with Gasteiger partial charge in [0, 0.05) is 12.8 Å². The van der Waals surface area contributed by atoms with E-state index in [2.05, 4.69) is 20.8 Å². The van der Waals surface area contributed by atoms with Gasteiger partial charge in [0.2, 0.25) is 0 Å². The molecular formula is C14H24O3. The molecule has 0 radical (unpaired) electrons. The number of carbonyl (C=O) groups is 1. The van der Waals surface area contributed by atoms with Crippen LogP contribution in [0.3, 0.4) is 0 Å². The van der Waals surface area contributed by atoms with Crippen molar-refractivity contribution >= 4 is 5.97 Å². The van der Waals surface area contributed by atoms with Crippen molar-refractivity contribution in [3.63, 3.8) is 0 Å². The zero-order chi connectivity index (χ0) is 12.8. The topological polar surface area (TPSA) is 35.5 Å². The van der Waals surface area contributed by atoms with Gasteiger partial charge in [-0.3, -0.25) is 0 Å². The van der Waals surface area contributed by atoms with E-state index in [9.17, 15) is 4.79 Å². The van der Waals surface area contributed by atoms with Crippen LogP contribution in [0.2, 0.25) is 0 Å². The van der Waals surface area contributed by atoms with Gasteiger partial charge in [-0.2, -0.15) is 0 Å². The fourth-order valence-electron chi connectivity index (χ4n) is 2.08. The van der Waals surface area contributed by atoms with Crippen molar-refractivity contribution in [1.82, 2.24) is 0 Å². The van der Waals surface area contributed by atoms with Crippen LogP contribution in [0.5, 0.6) is 0 Å². The number of hydrogen-bond acceptors (Lipinski definition) is 3. The molecule has 3 nitrogen and oxygen atoms in total. The molecule has 1 heterocycles. The van der Waals surface area contributed by atoms with Crippen molar-refractivity contribution < 1.29 is 14.3 Å². The second-order valence-corrected chi connectivity index (χ2v) is 5.03. The lowest BCUT2D eigenvalue weighted by Crippen LogP contribution is -2.07. The number of ether oxygens (including phenoxy) is 2. The fraction of sp³-hybridized carbons (Fsp3) is 0.786. The maximum atomic E-state index is 11.6. The molecule has 0 spiro atoms. The molecule has 0 aromatic carbocycles. The molecule has 1 rings (SSSR count). The van der Waals surface area contributed by atoms with E-state index in [1.54, 1.807) is 0 Å². The summed E-state index contributed by atoms with van der Waals surface area (Å²) in [6, 6.07) is 0. The normalized spacial score (nSPS) is 19.7. The van der Waals surface area contributed by atoms with E-state index in [0.717, 1.165) is 37.0 Å². The maximum absolute atomic E-state index is 11.6. The largest absolute Gasteiger partial charge is 0.494 e. The van der Waals surface area contributed by atoms with Crippen LogP contribution in [0.1, 0.15) is 52.9 Å². The molecule has 0 aromatic rings. The molecule has 0 saturated carbocycles. The van der Waals surface area contributed by atoms with Crippen LogP contribution in [0.15, 0.2) is 11.3 Å². The summed E-state index contributed by atoms with van der Waals surface area (Å²) in [6.07, 6.45) is 4.91. The van der Waals surface area contributed by atoms with E-state index in [0.29, 0.717) is 12.3 Å². The van der Waals surface area contributed by atoms with Crippen molar-refractivity contribution in [1.29, 1.82) is 0 Å². The van der Waals surface area contributed by atoms with Gasteiger partial charge in [-0.05, 0) is 18.8 Å². The Kier molecular flexibility index (Phi) is 5.52. The van der Waals surface area contributed by atoms with E-state index in [1.807, 2.05) is 0 Å². The molecule has 0 saturated heterocycles. The number of carbonyl (C=O) groups excluding carboxylic acids is 1. The van der Waals surface area contributed by atoms with Crippen LogP contribution in [0, 0.1) is 5.92 Å². The summed E-state index contributed by atoms with van der Waals surface area (Å²) < 4.78 is 10.6. The third-order valence-electron chi connectivity index (χ3n) is 3.15. The smallest absolute Gasteiger partial charge is 0.337 e. The second kappa shape index (κ2) is 6.67. The second-order valence-electron chi connectivity index (χ2n) is 5.03. The molecule has 0 aliphatic carbocycles. The molecule has 1 unspecified atom stereocenters. The van der Waals surface area contributed by atoms with Gasteiger partial charge in [0.05, 0.1) is 12.7 Å². The van der Waals surface area contributed by atoms with Crippen LogP contribution >= 0.6 is 0 Å². The predicted molar refractivity (Wildman–Crippen MR) is 67.5 cm³/mol. The van der Waals surface area contributed by atoms with Gasteiger partial charge < -0.3 is 9.47 Å². The SMILES string of the molecule is CCC1CC(C(=O)OC)=C(CCCC(C)C)O1. The number of esters is 1. The summed E-state index contributed by atoms with van der Waals surface area (Å²) >= 11 is 0. The zero-order valence-corrected chi connectivity index (χ0v) is 11.4. The Bertz CT molecular complexity index is 292. The van der Waals surface area contributed by atoms with Crippen LogP contribution in [0.25, 0.3) is 0 Å². The fourth-order valence-corrected chi connectivity index (χ4v) is 2.08. The first-order chi connectivity index (χ1) is 8.08. The van der Waals surface area contributed by atoms with Crippen LogP contribution in [-0.2, 0) is 14.3 Å². The summed E-state index contributed by atoms with van der Waals surface area (Å²) in [5, 5.41) is 0. The number of methoxy groups -OCH3 is 1. The van der Waals surface area contributed by atoms with Crippen molar-refractivity contribution in [3.05, 3.63) is 11.3 Å². The molecule has 1 aliphatic heterocycles. The zero-order valence-electron chi connectivity index (χ0n) is 11.4. The molecule has 98 valence electrons. The molecule has 0 aromatic heterocycles. The van der Waals surface area contributed by atoms with Gasteiger partial charge in [0.25, 0.3) is 0 Å². The Morgan fingerprint density at radius 1 is 1.53 bits per heavy atom. The third-order valence-corrected chi connectivity index (χ3v) is 3.15. The van der Waals surface area contributed by atoms with E-state index in [4.69, 9.17) is 9.47 Å². The van der Waals surface area contributed by atoms with Crippen LogP contribution in [0.4, 0.5) is 0 Å². The summed E-state index contributed by atoms with van der Waals surface area (Å²) in [5.74, 6) is 1.34. The maximum Gasteiger partial charge on any atom is 0.337 e. The number of allylic oxidation sites excluding steroid dienone is 1. The van der Waals surface area contributed by atoms with Crippen LogP contribution in [-0.4, -0.2) is 19.2 Å². The van der Waals surface area contributed by atoms with Crippen molar-refractivity contribution in [2.24, 2.45) is 5.92 Å². The highest BCUT2D eigenvalue weighted by Gasteiger charge is 2.29. The van der Waals surface area contributed by atoms with Crippen molar-refractivity contribution in [3.8, 4) is 0 Å². The van der Waals surface area contributed by atoms with E-state index >= 15 is 0 Å². The molecule has 0 bridgehead atoms. The Morgan fingerprint density at radius 2 is 2.24 bits per heavy atom. The predicted octanol–water partition coefficient (Wildman–Crippen LogP) is 3.44. The lowest BCUT2D eigenvalue weighted by atomic mass is 10.0. The molecule has 17 heavy (non-hydrogen) atoms. The first-order valence-corrected chi connectivity index (χ1v) is 6.55. The lowest BCUT2D eigenvalue weighted by molar-refractivity contribution is -0.136. The lowest BCUT2D eigenvalue weighted by Gasteiger charge is -2.11. The first-order valence-electron chi connectivity index (χ1n) is 6.55. The Balaban J connectivity index is 2.59. The molecule has 1 aliphatic rings. The molecule has 0 N–H and O–H groups in total. The monoisotopic (exact) mass is 240 g/mol. The average molecular weight is 240 g/mol. The Hall–Kier alpha value is -0.990. The minimum atomic E-state index is -0.222. The molecule has 1 atom stereocenters. The number of hydrogen-bond donors (Lipinski definition) is 0. The molecular weight excluding hydrogens is 216 g/mol. The third kappa shape index (κ3) is 4.06. The van der Waals surface area contributed by atoms with Gasteiger partial charge in [-0.25, -0.2) is 4.79 Å². The highest BCUT2D eigenvalue weighted by atomic mass is 16.5. The standard InChI is InChI=1S/C14H24O3/c1-5-11-9-12(14(15)16-4)13(17-11)8-6-7-10(2)3/h10-11H,5-9H2,1-4H3. The van der Waals surface area contributed by atoms with Gasteiger partial charge in [-0.15, -0.1) is 0 Å². The van der Waals surface area contributed by atoms with E-state index < -0.39 is 0 Å². The molecule has 0 fully saturated rings. The van der Waals surface area contributed by atoms with Gasteiger partial charge >= 0.3 is 5.97 Å². The quantitative estimate of drug-likeness (QED) is 0.667. The van der Waals surface area contributed by atoms with Gasteiger partial charge in [-0.1, -0.05) is 27.2 Å². The highest BCUT2D eigenvalue weighted by molar-refractivity contribution is 5.89. The summed E-state index contributed by atoms with van der Waals surface area (Å²) in [5.41, 5.74) is 0.753. The summed E-state index contributed by atoms with van der Waals surface area (Å²) in [6.45, 7) is 6.50. The Morgan fingerprint density at radius 3 is 2.76 bits per heavy atom. The van der Waals surface area contributed by atoms with Gasteiger partial charge in [0.1, 0.15) is 11.9 Å². The highest BCUT2D eigenvalue weighted by Crippen LogP contribution is 2.31. The molecule has 3 heteroatoms. The minimum Gasteiger partial charge on any atom is -0.494 e. The first kappa shape index (κ1) is 14.1. The van der Waals surface area contributed by atoms with E-state index in [1.165, 1.54) is 7.11 Å². The van der Waals surface area contributed by atoms with Crippen molar-refractivity contribution in [2.75, 3.05) is 7.11 Å². The minimum absolute atomic E-state index is 0.165. The average Bonchev–Trinajstić information content (AvgIpc) is 2.71. The van der Waals surface area contributed by atoms with Crippen LogP contribution < -0.4 is 0 Å².